The molecule has 0 fully saturated rings. The van der Waals surface area contributed by atoms with E-state index in [1.54, 1.807) is 12.4 Å². The molecule has 2 rings (SSSR count). The van der Waals surface area contributed by atoms with Crippen LogP contribution in [0.15, 0.2) is 42.7 Å². The lowest BCUT2D eigenvalue weighted by Gasteiger charge is -2.21. The van der Waals surface area contributed by atoms with Crippen LogP contribution in [0, 0.1) is 0 Å². The fourth-order valence-electron chi connectivity index (χ4n) is 2.34. The molecule has 0 saturated carbocycles. The van der Waals surface area contributed by atoms with E-state index < -0.39 is 0 Å². The molecule has 3 heteroatoms. The number of fused-ring (bicyclic) bond motifs is 1. The van der Waals surface area contributed by atoms with E-state index in [1.165, 1.54) is 11.1 Å². The first-order valence-corrected chi connectivity index (χ1v) is 7.35. The number of nitrogens with zero attached hydrogens (tertiary/aromatic N) is 2. The molecule has 0 aliphatic heterocycles. The van der Waals surface area contributed by atoms with Gasteiger partial charge in [-0.25, -0.2) is 0 Å². The summed E-state index contributed by atoms with van der Waals surface area (Å²) in [6.45, 7) is 9.49. The summed E-state index contributed by atoms with van der Waals surface area (Å²) in [5.74, 6) is 0. The van der Waals surface area contributed by atoms with Gasteiger partial charge in [0, 0.05) is 18.4 Å². The average molecular weight is 269 g/mol. The highest BCUT2D eigenvalue weighted by molar-refractivity contribution is 5.78. The summed E-state index contributed by atoms with van der Waals surface area (Å²) < 4.78 is 0. The molecule has 0 amide bonds. The largest absolute Gasteiger partial charge is 0.310 e. The molecular weight excluding hydrogens is 246 g/mol. The summed E-state index contributed by atoms with van der Waals surface area (Å²) >= 11 is 0. The molecule has 1 heterocycles. The topological polar surface area (TPSA) is 37.8 Å². The zero-order chi connectivity index (χ0) is 14.4. The first-order valence-electron chi connectivity index (χ1n) is 7.35. The van der Waals surface area contributed by atoms with Crippen molar-refractivity contribution in [2.75, 3.05) is 6.54 Å². The van der Waals surface area contributed by atoms with Gasteiger partial charge in [0.2, 0.25) is 0 Å². The van der Waals surface area contributed by atoms with Crippen molar-refractivity contribution in [3.63, 3.8) is 0 Å². The molecule has 0 aliphatic rings. The van der Waals surface area contributed by atoms with Crippen LogP contribution in [-0.4, -0.2) is 16.5 Å². The van der Waals surface area contributed by atoms with Crippen LogP contribution in [0.5, 0.6) is 0 Å². The molecule has 0 aliphatic carbocycles. The summed E-state index contributed by atoms with van der Waals surface area (Å²) in [5, 5.41) is 3.61. The molecular formula is C17H23N3. The maximum Gasteiger partial charge on any atom is 0.0934 e. The Morgan fingerprint density at radius 1 is 1.25 bits per heavy atom. The van der Waals surface area contributed by atoms with E-state index in [1.807, 2.05) is 6.07 Å². The standard InChI is InChI=1S/C17H23N3/c1-4-9-18-16(12-13(3)5-2)14-7-6-8-15-17(14)20-11-10-19-15/h6-8,10-11,16,18H,3-5,9,12H2,1-2H3. The van der Waals surface area contributed by atoms with Crippen molar-refractivity contribution in [3.05, 3.63) is 48.3 Å². The maximum atomic E-state index is 4.51. The minimum atomic E-state index is 0.266. The molecule has 3 nitrogen and oxygen atoms in total. The van der Waals surface area contributed by atoms with Crippen molar-refractivity contribution >= 4 is 11.0 Å². The summed E-state index contributed by atoms with van der Waals surface area (Å²) in [6.07, 6.45) is 6.58. The van der Waals surface area contributed by atoms with Crippen molar-refractivity contribution in [1.29, 1.82) is 0 Å². The van der Waals surface area contributed by atoms with E-state index in [0.717, 1.165) is 36.8 Å². The monoisotopic (exact) mass is 269 g/mol. The Bertz CT molecular complexity index is 572. The predicted octanol–water partition coefficient (Wildman–Crippen LogP) is 4.03. The lowest BCUT2D eigenvalue weighted by molar-refractivity contribution is 0.526. The highest BCUT2D eigenvalue weighted by atomic mass is 14.9. The van der Waals surface area contributed by atoms with E-state index in [4.69, 9.17) is 0 Å². The minimum Gasteiger partial charge on any atom is -0.310 e. The molecule has 1 atom stereocenters. The Labute approximate surface area is 121 Å². The maximum absolute atomic E-state index is 4.51. The van der Waals surface area contributed by atoms with Crippen LogP contribution >= 0.6 is 0 Å². The highest BCUT2D eigenvalue weighted by Gasteiger charge is 2.15. The van der Waals surface area contributed by atoms with Gasteiger partial charge in [-0.05, 0) is 37.4 Å². The summed E-state index contributed by atoms with van der Waals surface area (Å²) in [5.41, 5.74) is 4.43. The van der Waals surface area contributed by atoms with Crippen molar-refractivity contribution in [2.24, 2.45) is 0 Å². The number of para-hydroxylation sites is 1. The summed E-state index contributed by atoms with van der Waals surface area (Å²) in [7, 11) is 0. The number of hydrogen-bond acceptors (Lipinski definition) is 3. The van der Waals surface area contributed by atoms with Crippen LogP contribution in [-0.2, 0) is 0 Å². The zero-order valence-corrected chi connectivity index (χ0v) is 12.4. The van der Waals surface area contributed by atoms with Gasteiger partial charge in [0.1, 0.15) is 0 Å². The molecule has 1 aromatic carbocycles. The molecule has 106 valence electrons. The third kappa shape index (κ3) is 3.42. The van der Waals surface area contributed by atoms with Gasteiger partial charge in [0.15, 0.2) is 0 Å². The third-order valence-corrected chi connectivity index (χ3v) is 3.54. The predicted molar refractivity (Wildman–Crippen MR) is 84.6 cm³/mol. The third-order valence-electron chi connectivity index (χ3n) is 3.54. The van der Waals surface area contributed by atoms with Gasteiger partial charge < -0.3 is 5.32 Å². The molecule has 2 aromatic rings. The fourth-order valence-corrected chi connectivity index (χ4v) is 2.34. The second kappa shape index (κ2) is 7.15. The lowest BCUT2D eigenvalue weighted by atomic mass is 9.97. The summed E-state index contributed by atoms with van der Waals surface area (Å²) in [6, 6.07) is 6.48. The first kappa shape index (κ1) is 14.7. The number of rotatable bonds is 7. The average Bonchev–Trinajstić information content (AvgIpc) is 2.50. The van der Waals surface area contributed by atoms with Crippen molar-refractivity contribution < 1.29 is 0 Å². The van der Waals surface area contributed by atoms with Gasteiger partial charge in [-0.3, -0.25) is 9.97 Å². The van der Waals surface area contributed by atoms with E-state index in [2.05, 4.69) is 47.8 Å². The van der Waals surface area contributed by atoms with Crippen LogP contribution in [0.25, 0.3) is 11.0 Å². The highest BCUT2D eigenvalue weighted by Crippen LogP contribution is 2.26. The number of benzene rings is 1. The van der Waals surface area contributed by atoms with Crippen LogP contribution in [0.1, 0.15) is 44.7 Å². The van der Waals surface area contributed by atoms with Crippen LogP contribution in [0.4, 0.5) is 0 Å². The fraction of sp³-hybridized carbons (Fsp3) is 0.412. The molecule has 0 saturated heterocycles. The second-order valence-corrected chi connectivity index (χ2v) is 5.09. The van der Waals surface area contributed by atoms with Gasteiger partial charge in [0.05, 0.1) is 11.0 Å². The summed E-state index contributed by atoms with van der Waals surface area (Å²) in [4.78, 5) is 8.90. The zero-order valence-electron chi connectivity index (χ0n) is 12.4. The van der Waals surface area contributed by atoms with E-state index in [9.17, 15) is 0 Å². The molecule has 20 heavy (non-hydrogen) atoms. The molecule has 1 N–H and O–H groups in total. The smallest absolute Gasteiger partial charge is 0.0934 e. The number of hydrogen-bond donors (Lipinski definition) is 1. The van der Waals surface area contributed by atoms with Crippen LogP contribution < -0.4 is 5.32 Å². The second-order valence-electron chi connectivity index (χ2n) is 5.09. The molecule has 1 aromatic heterocycles. The minimum absolute atomic E-state index is 0.266. The Morgan fingerprint density at radius 3 is 2.80 bits per heavy atom. The molecule has 0 bridgehead atoms. The van der Waals surface area contributed by atoms with Crippen LogP contribution in [0.2, 0.25) is 0 Å². The van der Waals surface area contributed by atoms with Crippen molar-refractivity contribution in [3.8, 4) is 0 Å². The van der Waals surface area contributed by atoms with Crippen molar-refractivity contribution in [1.82, 2.24) is 15.3 Å². The van der Waals surface area contributed by atoms with Crippen molar-refractivity contribution in [2.45, 2.75) is 39.2 Å². The Hall–Kier alpha value is -1.74. The van der Waals surface area contributed by atoms with E-state index >= 15 is 0 Å². The Kier molecular flexibility index (Phi) is 5.24. The van der Waals surface area contributed by atoms with Gasteiger partial charge in [-0.2, -0.15) is 0 Å². The number of nitrogens with one attached hydrogen (secondary N) is 1. The molecule has 0 radical (unpaired) electrons. The quantitative estimate of drug-likeness (QED) is 0.771. The van der Waals surface area contributed by atoms with Gasteiger partial charge in [-0.15, -0.1) is 0 Å². The molecule has 0 spiro atoms. The van der Waals surface area contributed by atoms with E-state index in [-0.39, 0.29) is 6.04 Å². The molecule has 1 unspecified atom stereocenters. The van der Waals surface area contributed by atoms with Crippen LogP contribution in [0.3, 0.4) is 0 Å². The number of aromatic nitrogens is 2. The van der Waals surface area contributed by atoms with Gasteiger partial charge in [-0.1, -0.05) is 38.1 Å². The first-order chi connectivity index (χ1) is 9.76. The normalized spacial score (nSPS) is 12.5. The van der Waals surface area contributed by atoms with Gasteiger partial charge in [0.25, 0.3) is 0 Å². The van der Waals surface area contributed by atoms with Gasteiger partial charge >= 0.3 is 0 Å². The Morgan fingerprint density at radius 2 is 2.05 bits per heavy atom. The Balaban J connectivity index is 2.36. The SMILES string of the molecule is C=C(CC)CC(NCCC)c1cccc2nccnc12. The van der Waals surface area contributed by atoms with E-state index in [0.29, 0.717) is 0 Å². The lowest BCUT2D eigenvalue weighted by Crippen LogP contribution is -2.23.